The zero-order valence-electron chi connectivity index (χ0n) is 12.3. The highest BCUT2D eigenvalue weighted by atomic mass is 16.5. The van der Waals surface area contributed by atoms with E-state index in [1.165, 1.54) is 6.92 Å². The Morgan fingerprint density at radius 2 is 1.68 bits per heavy atom. The van der Waals surface area contributed by atoms with Crippen LogP contribution in [0.3, 0.4) is 0 Å². The van der Waals surface area contributed by atoms with E-state index in [0.717, 1.165) is 0 Å². The molecule has 5 nitrogen and oxygen atoms in total. The molecular formula is C14H23NO4. The smallest absolute Gasteiger partial charge is 0.334 e. The number of carbonyl (C=O) groups excluding carboxylic acids is 3. The molecule has 0 bridgehead atoms. The summed E-state index contributed by atoms with van der Waals surface area (Å²) in [5.41, 5.74) is 0.0808. The van der Waals surface area contributed by atoms with Gasteiger partial charge < -0.3 is 10.1 Å². The first-order valence-electron chi connectivity index (χ1n) is 6.33. The molecule has 1 amide bonds. The highest BCUT2D eigenvalue weighted by Gasteiger charge is 2.22. The minimum Gasteiger partial charge on any atom is -0.460 e. The predicted octanol–water partition coefficient (Wildman–Crippen LogP) is 1.61. The normalized spacial score (nSPS) is 12.2. The zero-order valence-corrected chi connectivity index (χ0v) is 12.3. The second kappa shape index (κ2) is 7.71. The van der Waals surface area contributed by atoms with Crippen molar-refractivity contribution in [3.05, 3.63) is 12.2 Å². The Labute approximate surface area is 114 Å². The van der Waals surface area contributed by atoms with Gasteiger partial charge in [0.05, 0.1) is 18.6 Å². The van der Waals surface area contributed by atoms with Crippen molar-refractivity contribution in [2.45, 2.75) is 53.2 Å². The second-order valence-electron chi connectivity index (χ2n) is 5.13. The molecule has 0 aliphatic heterocycles. The molecule has 0 aromatic carbocycles. The number of ether oxygens (including phenoxy) is 1. The largest absolute Gasteiger partial charge is 0.460 e. The highest BCUT2D eigenvalue weighted by molar-refractivity contribution is 5.96. The van der Waals surface area contributed by atoms with Crippen LogP contribution in [0.1, 0.15) is 41.0 Å². The molecule has 0 radical (unpaired) electrons. The summed E-state index contributed by atoms with van der Waals surface area (Å²) in [5, 5.41) is 2.60. The van der Waals surface area contributed by atoms with E-state index < -0.39 is 17.9 Å². The van der Waals surface area contributed by atoms with E-state index in [1.54, 1.807) is 13.8 Å². The standard InChI is InChI=1S/C14H23NO4/c1-8(2)13(11(6)16)15-12(17)7-10(5)14(18)19-9(3)4/h8-9,13H,5,7H2,1-4,6H3,(H,15,17). The number of esters is 1. The van der Waals surface area contributed by atoms with Gasteiger partial charge in [-0.15, -0.1) is 0 Å². The monoisotopic (exact) mass is 269 g/mol. The third kappa shape index (κ3) is 6.74. The van der Waals surface area contributed by atoms with Crippen molar-refractivity contribution in [3.8, 4) is 0 Å². The summed E-state index contributed by atoms with van der Waals surface area (Å²) in [5.74, 6) is -1.11. The Bertz CT molecular complexity index is 372. The van der Waals surface area contributed by atoms with Crippen LogP contribution in [-0.4, -0.2) is 29.8 Å². The van der Waals surface area contributed by atoms with Crippen LogP contribution in [-0.2, 0) is 19.1 Å². The number of carbonyl (C=O) groups is 3. The molecular weight excluding hydrogens is 246 g/mol. The molecule has 1 N–H and O–H groups in total. The molecule has 5 heteroatoms. The quantitative estimate of drug-likeness (QED) is 0.563. The van der Waals surface area contributed by atoms with Crippen molar-refractivity contribution in [2.24, 2.45) is 5.92 Å². The lowest BCUT2D eigenvalue weighted by atomic mass is 10.0. The first-order chi connectivity index (χ1) is 8.65. The van der Waals surface area contributed by atoms with Gasteiger partial charge in [-0.2, -0.15) is 0 Å². The zero-order chi connectivity index (χ0) is 15.2. The maximum absolute atomic E-state index is 11.7. The van der Waals surface area contributed by atoms with Crippen LogP contribution in [0.4, 0.5) is 0 Å². The van der Waals surface area contributed by atoms with Gasteiger partial charge >= 0.3 is 5.97 Å². The number of rotatable bonds is 7. The summed E-state index contributed by atoms with van der Waals surface area (Å²) >= 11 is 0. The fourth-order valence-corrected chi connectivity index (χ4v) is 1.53. The van der Waals surface area contributed by atoms with Gasteiger partial charge in [0.25, 0.3) is 0 Å². The Balaban J connectivity index is 4.42. The fraction of sp³-hybridized carbons (Fsp3) is 0.643. The molecule has 1 atom stereocenters. The third-order valence-corrected chi connectivity index (χ3v) is 2.43. The van der Waals surface area contributed by atoms with E-state index in [0.29, 0.717) is 0 Å². The van der Waals surface area contributed by atoms with Gasteiger partial charge in [-0.1, -0.05) is 20.4 Å². The van der Waals surface area contributed by atoms with Crippen LogP contribution in [0.25, 0.3) is 0 Å². The van der Waals surface area contributed by atoms with Crippen LogP contribution < -0.4 is 5.32 Å². The Morgan fingerprint density at radius 3 is 2.05 bits per heavy atom. The summed E-state index contributed by atoms with van der Waals surface area (Å²) in [6.07, 6.45) is -0.421. The number of hydrogen-bond donors (Lipinski definition) is 1. The van der Waals surface area contributed by atoms with Crippen molar-refractivity contribution in [3.63, 3.8) is 0 Å². The lowest BCUT2D eigenvalue weighted by Crippen LogP contribution is -2.43. The SMILES string of the molecule is C=C(CC(=O)NC(C(C)=O)C(C)C)C(=O)OC(C)C. The molecule has 1 unspecified atom stereocenters. The molecule has 0 saturated heterocycles. The maximum atomic E-state index is 11.7. The molecule has 0 aromatic heterocycles. The van der Waals surface area contributed by atoms with E-state index in [-0.39, 0.29) is 29.8 Å². The van der Waals surface area contributed by atoms with Crippen LogP contribution in [0, 0.1) is 5.92 Å². The second-order valence-corrected chi connectivity index (χ2v) is 5.13. The van der Waals surface area contributed by atoms with E-state index in [2.05, 4.69) is 11.9 Å². The number of amides is 1. The van der Waals surface area contributed by atoms with Crippen molar-refractivity contribution in [2.75, 3.05) is 0 Å². The van der Waals surface area contributed by atoms with Gasteiger partial charge in [-0.05, 0) is 26.7 Å². The molecule has 0 spiro atoms. The summed E-state index contributed by atoms with van der Waals surface area (Å²) in [6, 6.07) is -0.540. The van der Waals surface area contributed by atoms with Crippen LogP contribution in [0.15, 0.2) is 12.2 Å². The molecule has 0 rings (SSSR count). The van der Waals surface area contributed by atoms with Crippen molar-refractivity contribution in [1.29, 1.82) is 0 Å². The molecule has 0 aliphatic carbocycles. The molecule has 0 saturated carbocycles. The fourth-order valence-electron chi connectivity index (χ4n) is 1.53. The molecule has 108 valence electrons. The summed E-state index contributed by atoms with van der Waals surface area (Å²) in [4.78, 5) is 34.6. The predicted molar refractivity (Wildman–Crippen MR) is 72.4 cm³/mol. The van der Waals surface area contributed by atoms with E-state index in [9.17, 15) is 14.4 Å². The average molecular weight is 269 g/mol. The maximum Gasteiger partial charge on any atom is 0.334 e. The van der Waals surface area contributed by atoms with Gasteiger partial charge in [0.1, 0.15) is 0 Å². The minimum atomic E-state index is -0.589. The summed E-state index contributed by atoms with van der Waals surface area (Å²) < 4.78 is 4.93. The first kappa shape index (κ1) is 17.4. The van der Waals surface area contributed by atoms with Gasteiger partial charge in [-0.3, -0.25) is 9.59 Å². The summed E-state index contributed by atoms with van der Waals surface area (Å²) in [6.45, 7) is 12.1. The van der Waals surface area contributed by atoms with Crippen molar-refractivity contribution in [1.82, 2.24) is 5.32 Å². The molecule has 0 fully saturated rings. The number of ketones is 1. The Hall–Kier alpha value is -1.65. The number of Topliss-reactive ketones (excluding diaryl/α,β-unsaturated/α-hetero) is 1. The molecule has 0 heterocycles. The van der Waals surface area contributed by atoms with E-state index >= 15 is 0 Å². The van der Waals surface area contributed by atoms with Gasteiger partial charge in [-0.25, -0.2) is 4.79 Å². The number of nitrogens with one attached hydrogen (secondary N) is 1. The Kier molecular flexibility index (Phi) is 7.04. The third-order valence-electron chi connectivity index (χ3n) is 2.43. The van der Waals surface area contributed by atoms with Gasteiger partial charge in [0.2, 0.25) is 5.91 Å². The van der Waals surface area contributed by atoms with E-state index in [4.69, 9.17) is 4.74 Å². The van der Waals surface area contributed by atoms with Crippen LogP contribution >= 0.6 is 0 Å². The molecule has 0 aliphatic rings. The molecule has 0 aromatic rings. The van der Waals surface area contributed by atoms with Crippen molar-refractivity contribution < 1.29 is 19.1 Å². The lowest BCUT2D eigenvalue weighted by Gasteiger charge is -2.19. The van der Waals surface area contributed by atoms with Crippen molar-refractivity contribution >= 4 is 17.7 Å². The average Bonchev–Trinajstić information content (AvgIpc) is 2.23. The first-order valence-corrected chi connectivity index (χ1v) is 6.33. The van der Waals surface area contributed by atoms with Gasteiger partial charge in [0.15, 0.2) is 5.78 Å². The van der Waals surface area contributed by atoms with Crippen LogP contribution in [0.2, 0.25) is 0 Å². The lowest BCUT2D eigenvalue weighted by molar-refractivity contribution is -0.143. The topological polar surface area (TPSA) is 72.5 Å². The summed E-state index contributed by atoms with van der Waals surface area (Å²) in [7, 11) is 0. The minimum absolute atomic E-state index is 0.00247. The molecule has 19 heavy (non-hydrogen) atoms. The van der Waals surface area contributed by atoms with E-state index in [1.807, 2.05) is 13.8 Å². The highest BCUT2D eigenvalue weighted by Crippen LogP contribution is 2.07. The number of hydrogen-bond acceptors (Lipinski definition) is 4. The Morgan fingerprint density at radius 1 is 1.16 bits per heavy atom. The van der Waals surface area contributed by atoms with Gasteiger partial charge in [0, 0.05) is 5.57 Å². The van der Waals surface area contributed by atoms with Crippen LogP contribution in [0.5, 0.6) is 0 Å².